The Bertz CT molecular complexity index is 490. The molecule has 2 aliphatic rings. The van der Waals surface area contributed by atoms with Gasteiger partial charge in [-0.25, -0.2) is 4.79 Å². The highest BCUT2D eigenvalue weighted by molar-refractivity contribution is 5.77. The summed E-state index contributed by atoms with van der Waals surface area (Å²) in [6, 6.07) is 6.03. The first-order valence-electron chi connectivity index (χ1n) is 6.70. The van der Waals surface area contributed by atoms with Crippen LogP contribution in [-0.4, -0.2) is 42.3 Å². The van der Waals surface area contributed by atoms with Gasteiger partial charge in [0.2, 0.25) is 0 Å². The summed E-state index contributed by atoms with van der Waals surface area (Å²) in [6.45, 7) is 1.78. The largest absolute Gasteiger partial charge is 0.493 e. The summed E-state index contributed by atoms with van der Waals surface area (Å²) >= 11 is 0. The SMILES string of the molecule is O=C1NC(c2ccc3c(c2)CCCO3)CN1CCO. The molecule has 2 amide bonds. The Morgan fingerprint density at radius 2 is 2.37 bits per heavy atom. The number of aliphatic hydroxyl groups excluding tert-OH is 1. The molecule has 0 bridgehead atoms. The molecule has 1 aromatic rings. The molecule has 0 radical (unpaired) electrons. The highest BCUT2D eigenvalue weighted by atomic mass is 16.5. The molecule has 0 aromatic heterocycles. The molecule has 1 unspecified atom stereocenters. The molecule has 2 heterocycles. The topological polar surface area (TPSA) is 61.8 Å². The number of hydrogen-bond donors (Lipinski definition) is 2. The van der Waals surface area contributed by atoms with Gasteiger partial charge in [-0.3, -0.25) is 0 Å². The van der Waals surface area contributed by atoms with Crippen LogP contribution in [0.2, 0.25) is 0 Å². The van der Waals surface area contributed by atoms with E-state index in [0.29, 0.717) is 13.1 Å². The highest BCUT2D eigenvalue weighted by Crippen LogP contribution is 2.29. The van der Waals surface area contributed by atoms with Crippen LogP contribution in [0.15, 0.2) is 18.2 Å². The molecule has 2 aliphatic heterocycles. The number of ether oxygens (including phenoxy) is 1. The van der Waals surface area contributed by atoms with Gasteiger partial charge in [0.1, 0.15) is 5.75 Å². The second-order valence-corrected chi connectivity index (χ2v) is 4.99. The Morgan fingerprint density at radius 1 is 1.47 bits per heavy atom. The van der Waals surface area contributed by atoms with Gasteiger partial charge in [-0.15, -0.1) is 0 Å². The van der Waals surface area contributed by atoms with Gasteiger partial charge in [-0.05, 0) is 36.1 Å². The normalized spacial score (nSPS) is 21.8. The molecule has 3 rings (SSSR count). The third kappa shape index (κ3) is 2.38. The lowest BCUT2D eigenvalue weighted by Crippen LogP contribution is -2.30. The van der Waals surface area contributed by atoms with Gasteiger partial charge in [0, 0.05) is 13.1 Å². The van der Waals surface area contributed by atoms with E-state index in [-0.39, 0.29) is 18.7 Å². The van der Waals surface area contributed by atoms with E-state index in [4.69, 9.17) is 9.84 Å². The van der Waals surface area contributed by atoms with E-state index in [0.717, 1.165) is 30.8 Å². The van der Waals surface area contributed by atoms with Crippen molar-refractivity contribution < 1.29 is 14.6 Å². The molecule has 0 saturated carbocycles. The number of urea groups is 1. The number of nitrogens with zero attached hydrogens (tertiary/aromatic N) is 1. The molecule has 2 N–H and O–H groups in total. The maximum atomic E-state index is 11.7. The van der Waals surface area contributed by atoms with Gasteiger partial charge in [0.25, 0.3) is 0 Å². The Kier molecular flexibility index (Phi) is 3.29. The third-order valence-electron chi connectivity index (χ3n) is 3.69. The first-order chi connectivity index (χ1) is 9.28. The highest BCUT2D eigenvalue weighted by Gasteiger charge is 2.29. The Hall–Kier alpha value is -1.75. The first kappa shape index (κ1) is 12.3. The fourth-order valence-electron chi connectivity index (χ4n) is 2.69. The number of fused-ring (bicyclic) bond motifs is 1. The fraction of sp³-hybridized carbons (Fsp3) is 0.500. The summed E-state index contributed by atoms with van der Waals surface area (Å²) in [6.07, 6.45) is 2.08. The number of rotatable bonds is 3. The maximum Gasteiger partial charge on any atom is 0.318 e. The summed E-state index contributed by atoms with van der Waals surface area (Å²) in [4.78, 5) is 13.4. The maximum absolute atomic E-state index is 11.7. The van der Waals surface area contributed by atoms with Crippen LogP contribution in [0.3, 0.4) is 0 Å². The predicted molar refractivity (Wildman–Crippen MR) is 70.2 cm³/mol. The molecule has 1 saturated heterocycles. The van der Waals surface area contributed by atoms with Crippen molar-refractivity contribution >= 4 is 6.03 Å². The number of carbonyl (C=O) groups excluding carboxylic acids is 1. The quantitative estimate of drug-likeness (QED) is 0.856. The number of nitrogens with one attached hydrogen (secondary N) is 1. The predicted octanol–water partition coefficient (Wildman–Crippen LogP) is 1.07. The minimum atomic E-state index is -0.104. The van der Waals surface area contributed by atoms with Crippen LogP contribution in [-0.2, 0) is 6.42 Å². The summed E-state index contributed by atoms with van der Waals surface area (Å²) in [5, 5.41) is 11.9. The van der Waals surface area contributed by atoms with Gasteiger partial charge in [0.05, 0.1) is 19.3 Å². The van der Waals surface area contributed by atoms with E-state index in [1.807, 2.05) is 12.1 Å². The lowest BCUT2D eigenvalue weighted by atomic mass is 9.99. The monoisotopic (exact) mass is 262 g/mol. The standard InChI is InChI=1S/C14H18N2O3/c17-6-5-16-9-12(15-14(16)18)10-3-4-13-11(8-10)2-1-7-19-13/h3-4,8,12,17H,1-2,5-7,9H2,(H,15,18). The zero-order valence-corrected chi connectivity index (χ0v) is 10.8. The third-order valence-corrected chi connectivity index (χ3v) is 3.69. The number of benzene rings is 1. The smallest absolute Gasteiger partial charge is 0.318 e. The molecule has 1 fully saturated rings. The minimum Gasteiger partial charge on any atom is -0.493 e. The van der Waals surface area contributed by atoms with Crippen LogP contribution < -0.4 is 10.1 Å². The van der Waals surface area contributed by atoms with Crippen LogP contribution >= 0.6 is 0 Å². The van der Waals surface area contributed by atoms with E-state index < -0.39 is 0 Å². The summed E-state index contributed by atoms with van der Waals surface area (Å²) in [5.41, 5.74) is 2.33. The molecule has 1 aromatic carbocycles. The molecule has 19 heavy (non-hydrogen) atoms. The summed E-state index contributed by atoms with van der Waals surface area (Å²) < 4.78 is 5.59. The van der Waals surface area contributed by atoms with Crippen molar-refractivity contribution in [2.24, 2.45) is 0 Å². The molecule has 0 aliphatic carbocycles. The number of carbonyl (C=O) groups is 1. The number of β-amino-alcohol motifs (C(OH)–C–C–N with tert-alkyl or cyclic N) is 1. The number of hydrogen-bond acceptors (Lipinski definition) is 3. The van der Waals surface area contributed by atoms with Gasteiger partial charge in [-0.2, -0.15) is 0 Å². The Morgan fingerprint density at radius 3 is 3.21 bits per heavy atom. The first-order valence-corrected chi connectivity index (χ1v) is 6.70. The van der Waals surface area contributed by atoms with Gasteiger partial charge in [0.15, 0.2) is 0 Å². The molecule has 0 spiro atoms. The average molecular weight is 262 g/mol. The van der Waals surface area contributed by atoms with E-state index in [1.54, 1.807) is 4.90 Å². The molecular weight excluding hydrogens is 244 g/mol. The molecular formula is C14H18N2O3. The molecule has 5 heteroatoms. The average Bonchev–Trinajstić information content (AvgIpc) is 2.80. The van der Waals surface area contributed by atoms with Crippen LogP contribution in [0.25, 0.3) is 0 Å². The van der Waals surface area contributed by atoms with Gasteiger partial charge in [-0.1, -0.05) is 6.07 Å². The second kappa shape index (κ2) is 5.09. The van der Waals surface area contributed by atoms with Crippen molar-refractivity contribution in [3.63, 3.8) is 0 Å². The summed E-state index contributed by atoms with van der Waals surface area (Å²) in [7, 11) is 0. The van der Waals surface area contributed by atoms with Crippen LogP contribution in [0.5, 0.6) is 5.75 Å². The van der Waals surface area contributed by atoms with Crippen molar-refractivity contribution in [1.29, 1.82) is 0 Å². The molecule has 1 atom stereocenters. The zero-order chi connectivity index (χ0) is 13.2. The van der Waals surface area contributed by atoms with Crippen molar-refractivity contribution in [1.82, 2.24) is 10.2 Å². The Labute approximate surface area is 112 Å². The van der Waals surface area contributed by atoms with Crippen LogP contribution in [0, 0.1) is 0 Å². The molecule has 5 nitrogen and oxygen atoms in total. The second-order valence-electron chi connectivity index (χ2n) is 4.99. The number of aliphatic hydroxyl groups is 1. The zero-order valence-electron chi connectivity index (χ0n) is 10.8. The van der Waals surface area contributed by atoms with E-state index in [2.05, 4.69) is 11.4 Å². The van der Waals surface area contributed by atoms with Crippen molar-refractivity contribution in [2.45, 2.75) is 18.9 Å². The lowest BCUT2D eigenvalue weighted by molar-refractivity contribution is 0.196. The fourth-order valence-corrected chi connectivity index (χ4v) is 2.69. The van der Waals surface area contributed by atoms with E-state index in [9.17, 15) is 4.79 Å². The number of aryl methyl sites for hydroxylation is 1. The lowest BCUT2D eigenvalue weighted by Gasteiger charge is -2.19. The van der Waals surface area contributed by atoms with E-state index >= 15 is 0 Å². The van der Waals surface area contributed by atoms with Crippen LogP contribution in [0.4, 0.5) is 4.79 Å². The minimum absolute atomic E-state index is 0.00182. The van der Waals surface area contributed by atoms with Crippen molar-refractivity contribution in [2.75, 3.05) is 26.3 Å². The van der Waals surface area contributed by atoms with Gasteiger partial charge >= 0.3 is 6.03 Å². The van der Waals surface area contributed by atoms with E-state index in [1.165, 1.54) is 5.56 Å². The van der Waals surface area contributed by atoms with Crippen molar-refractivity contribution in [3.05, 3.63) is 29.3 Å². The molecule has 102 valence electrons. The Balaban J connectivity index is 1.78. The number of amides is 2. The van der Waals surface area contributed by atoms with Gasteiger partial charge < -0.3 is 20.1 Å². The summed E-state index contributed by atoms with van der Waals surface area (Å²) in [5.74, 6) is 0.964. The van der Waals surface area contributed by atoms with Crippen molar-refractivity contribution in [3.8, 4) is 5.75 Å². The van der Waals surface area contributed by atoms with Crippen LogP contribution in [0.1, 0.15) is 23.6 Å².